The van der Waals surface area contributed by atoms with Gasteiger partial charge in [0.25, 0.3) is 5.91 Å². The zero-order valence-corrected chi connectivity index (χ0v) is 16.5. The molecule has 1 amide bonds. The Balaban J connectivity index is 1.81. The molecule has 30 heavy (non-hydrogen) atoms. The number of carbonyl (C=O) groups is 1. The van der Waals surface area contributed by atoms with Gasteiger partial charge in [-0.1, -0.05) is 6.92 Å². The molecule has 2 aliphatic rings. The van der Waals surface area contributed by atoms with Crippen LogP contribution in [-0.4, -0.2) is 30.0 Å². The highest BCUT2D eigenvalue weighted by Crippen LogP contribution is 2.48. The molecule has 0 aromatic carbocycles. The van der Waals surface area contributed by atoms with Crippen molar-refractivity contribution in [2.24, 2.45) is 0 Å². The Morgan fingerprint density at radius 3 is 2.50 bits per heavy atom. The molecule has 1 aliphatic carbocycles. The molecule has 0 radical (unpaired) electrons. The number of sulfone groups is 1. The number of anilines is 1. The third-order valence-electron chi connectivity index (χ3n) is 5.40. The fourth-order valence-corrected chi connectivity index (χ4v) is 4.43. The van der Waals surface area contributed by atoms with Gasteiger partial charge in [-0.3, -0.25) is 14.7 Å². The van der Waals surface area contributed by atoms with E-state index in [4.69, 9.17) is 0 Å². The second-order valence-corrected chi connectivity index (χ2v) is 9.50. The predicted octanol–water partition coefficient (Wildman–Crippen LogP) is 3.00. The van der Waals surface area contributed by atoms with Crippen LogP contribution in [0.1, 0.15) is 46.9 Å². The van der Waals surface area contributed by atoms with Crippen LogP contribution in [0.15, 0.2) is 29.4 Å². The molecule has 11 heteroatoms. The molecule has 0 saturated heterocycles. The first-order chi connectivity index (χ1) is 14.0. The van der Waals surface area contributed by atoms with Crippen molar-refractivity contribution in [2.75, 3.05) is 10.7 Å². The molecule has 4 rings (SSSR count). The van der Waals surface area contributed by atoms with Gasteiger partial charge in [0.15, 0.2) is 15.7 Å². The number of alkyl halides is 3. The Hall–Kier alpha value is -3.00. The average molecular weight is 436 g/mol. The van der Waals surface area contributed by atoms with Crippen molar-refractivity contribution >= 4 is 21.6 Å². The van der Waals surface area contributed by atoms with Crippen molar-refractivity contribution in [2.45, 2.75) is 42.8 Å². The van der Waals surface area contributed by atoms with Gasteiger partial charge in [-0.05, 0) is 30.5 Å². The van der Waals surface area contributed by atoms with Crippen molar-refractivity contribution in [3.05, 3.63) is 46.9 Å². The van der Waals surface area contributed by atoms with Crippen molar-refractivity contribution in [1.29, 1.82) is 5.26 Å². The summed E-state index contributed by atoms with van der Waals surface area (Å²) in [5, 5.41) is 9.40. The molecule has 7 nitrogen and oxygen atoms in total. The molecule has 2 aromatic heterocycles. The number of pyridine rings is 2. The van der Waals surface area contributed by atoms with E-state index in [-0.39, 0.29) is 34.3 Å². The van der Waals surface area contributed by atoms with E-state index in [1.807, 2.05) is 0 Å². The summed E-state index contributed by atoms with van der Waals surface area (Å²) in [6.07, 6.45) is -1.52. The molecule has 0 spiro atoms. The Morgan fingerprint density at radius 2 is 1.93 bits per heavy atom. The van der Waals surface area contributed by atoms with Crippen molar-refractivity contribution in [3.63, 3.8) is 0 Å². The van der Waals surface area contributed by atoms with Crippen LogP contribution >= 0.6 is 0 Å². The highest BCUT2D eigenvalue weighted by molar-refractivity contribution is 7.91. The molecule has 156 valence electrons. The quantitative estimate of drug-likeness (QED) is 0.730. The summed E-state index contributed by atoms with van der Waals surface area (Å²) in [5.74, 6) is -1.25. The lowest BCUT2D eigenvalue weighted by Gasteiger charge is -2.19. The van der Waals surface area contributed by atoms with Gasteiger partial charge in [-0.15, -0.1) is 0 Å². The zero-order valence-electron chi connectivity index (χ0n) is 15.7. The van der Waals surface area contributed by atoms with Gasteiger partial charge in [0.05, 0.1) is 40.6 Å². The fraction of sp³-hybridized carbons (Fsp3) is 0.368. The van der Waals surface area contributed by atoms with E-state index >= 15 is 0 Å². The summed E-state index contributed by atoms with van der Waals surface area (Å²) in [7, 11) is -3.84. The third kappa shape index (κ3) is 3.11. The van der Waals surface area contributed by atoms with E-state index in [0.717, 1.165) is 4.90 Å². The van der Waals surface area contributed by atoms with Crippen molar-refractivity contribution in [1.82, 2.24) is 9.97 Å². The summed E-state index contributed by atoms with van der Waals surface area (Å²) in [6.45, 7) is 1.23. The molecule has 1 aliphatic heterocycles. The average Bonchev–Trinajstić information content (AvgIpc) is 3.45. The van der Waals surface area contributed by atoms with Gasteiger partial charge in [0.1, 0.15) is 4.90 Å². The van der Waals surface area contributed by atoms with Crippen LogP contribution < -0.4 is 4.90 Å². The summed E-state index contributed by atoms with van der Waals surface area (Å²) < 4.78 is 64.4. The highest BCUT2D eigenvalue weighted by Gasteiger charge is 2.46. The number of nitriles is 1. The third-order valence-corrected chi connectivity index (χ3v) is 7.13. The lowest BCUT2D eigenvalue weighted by atomic mass is 10.00. The first-order valence-electron chi connectivity index (χ1n) is 9.05. The minimum atomic E-state index is -4.66. The number of rotatable bonds is 4. The molecule has 0 N–H and O–H groups in total. The van der Waals surface area contributed by atoms with Crippen LogP contribution in [0, 0.1) is 11.3 Å². The summed E-state index contributed by atoms with van der Waals surface area (Å²) in [4.78, 5) is 21.5. The summed E-state index contributed by atoms with van der Waals surface area (Å²) in [5.41, 5.74) is -1.54. The first kappa shape index (κ1) is 20.3. The lowest BCUT2D eigenvalue weighted by Crippen LogP contribution is -2.27. The first-order valence-corrected chi connectivity index (χ1v) is 10.7. The standard InChI is InChI=1S/C19H15F3N4O3S/c1-2-30(28,29)15-6-11(18(10-23)3-4-18)7-25-16(15)26-9-14-13(17(26)27)5-12(8-24-14)19(20,21)22/h5-8H,2-4,9H2,1H3. The van der Waals surface area contributed by atoms with Gasteiger partial charge in [0, 0.05) is 12.4 Å². The summed E-state index contributed by atoms with van der Waals surface area (Å²) in [6, 6.07) is 4.23. The van der Waals surface area contributed by atoms with Crippen molar-refractivity contribution in [3.8, 4) is 6.07 Å². The van der Waals surface area contributed by atoms with Gasteiger partial charge in [0.2, 0.25) is 0 Å². The minimum Gasteiger partial charge on any atom is -0.285 e. The van der Waals surface area contributed by atoms with E-state index < -0.39 is 32.9 Å². The Morgan fingerprint density at radius 1 is 1.23 bits per heavy atom. The summed E-state index contributed by atoms with van der Waals surface area (Å²) >= 11 is 0. The number of hydrogen-bond donors (Lipinski definition) is 0. The number of fused-ring (bicyclic) bond motifs is 1. The molecule has 2 aromatic rings. The monoisotopic (exact) mass is 436 g/mol. The molecule has 0 unspecified atom stereocenters. The molecule has 1 fully saturated rings. The topological polar surface area (TPSA) is 104 Å². The molecule has 0 bridgehead atoms. The van der Waals surface area contributed by atoms with Gasteiger partial charge in [-0.25, -0.2) is 13.4 Å². The number of amides is 1. The zero-order chi connectivity index (χ0) is 21.9. The van der Waals surface area contributed by atoms with Crippen LogP contribution in [0.2, 0.25) is 0 Å². The lowest BCUT2D eigenvalue weighted by molar-refractivity contribution is -0.137. The van der Waals surface area contributed by atoms with Crippen LogP contribution in [0.4, 0.5) is 19.0 Å². The normalized spacial score (nSPS) is 17.6. The maximum absolute atomic E-state index is 13.0. The maximum Gasteiger partial charge on any atom is 0.417 e. The minimum absolute atomic E-state index is 0.106. The Bertz CT molecular complexity index is 1210. The molecule has 0 atom stereocenters. The highest BCUT2D eigenvalue weighted by atomic mass is 32.2. The predicted molar refractivity (Wildman–Crippen MR) is 98.2 cm³/mol. The van der Waals surface area contributed by atoms with E-state index in [1.54, 1.807) is 0 Å². The van der Waals surface area contributed by atoms with E-state index in [1.165, 1.54) is 19.2 Å². The molecular formula is C19H15F3N4O3S. The van der Waals surface area contributed by atoms with Crippen LogP contribution in [0.5, 0.6) is 0 Å². The van der Waals surface area contributed by atoms with Gasteiger partial charge >= 0.3 is 6.18 Å². The number of carbonyl (C=O) groups excluding carboxylic acids is 1. The second kappa shape index (κ2) is 6.50. The van der Waals surface area contributed by atoms with Crippen molar-refractivity contribution < 1.29 is 26.4 Å². The number of halogens is 3. The number of nitrogens with zero attached hydrogens (tertiary/aromatic N) is 4. The smallest absolute Gasteiger partial charge is 0.285 e. The van der Waals surface area contributed by atoms with Gasteiger partial charge in [-0.2, -0.15) is 18.4 Å². The molecular weight excluding hydrogens is 421 g/mol. The SMILES string of the molecule is CCS(=O)(=O)c1cc(C2(C#N)CC2)cnc1N1Cc2ncc(C(F)(F)F)cc2C1=O. The van der Waals surface area contributed by atoms with Crippen LogP contribution in [0.25, 0.3) is 0 Å². The van der Waals surface area contributed by atoms with E-state index in [2.05, 4.69) is 16.0 Å². The number of hydrogen-bond acceptors (Lipinski definition) is 6. The Labute approximate surface area is 170 Å². The van der Waals surface area contributed by atoms with Gasteiger partial charge < -0.3 is 0 Å². The van der Waals surface area contributed by atoms with Crippen LogP contribution in [0.3, 0.4) is 0 Å². The largest absolute Gasteiger partial charge is 0.417 e. The molecule has 1 saturated carbocycles. The van der Waals surface area contributed by atoms with Crippen LogP contribution in [-0.2, 0) is 28.0 Å². The fourth-order valence-electron chi connectivity index (χ4n) is 3.37. The molecule has 3 heterocycles. The van der Waals surface area contributed by atoms with E-state index in [9.17, 15) is 31.6 Å². The second-order valence-electron chi connectivity index (χ2n) is 7.25. The van der Waals surface area contributed by atoms with E-state index in [0.29, 0.717) is 30.7 Å². The number of aromatic nitrogens is 2. The Kier molecular flexibility index (Phi) is 4.39. The maximum atomic E-state index is 13.0.